The van der Waals surface area contributed by atoms with Crippen molar-refractivity contribution in [1.82, 2.24) is 15.2 Å². The molecule has 3 aromatic rings. The summed E-state index contributed by atoms with van der Waals surface area (Å²) in [5.74, 6) is -2.62. The fourth-order valence-corrected chi connectivity index (χ4v) is 3.81. The lowest BCUT2D eigenvalue weighted by atomic mass is 10.0. The van der Waals surface area contributed by atoms with Crippen LogP contribution in [0, 0.1) is 11.6 Å². The molecule has 0 saturated carbocycles. The van der Waals surface area contributed by atoms with E-state index in [1.807, 2.05) is 0 Å². The number of allylic oxidation sites excluding steroid dienone is 2. The van der Waals surface area contributed by atoms with Gasteiger partial charge in [0.15, 0.2) is 23.1 Å². The number of pyridine rings is 1. The number of nitrogens with one attached hydrogen (secondary N) is 1. The number of carbonyl (C=O) groups excluding carboxylic acids is 1. The maximum absolute atomic E-state index is 15.3. The number of aromatic amines is 1. The van der Waals surface area contributed by atoms with E-state index in [-0.39, 0.29) is 18.0 Å². The third-order valence-electron chi connectivity index (χ3n) is 5.47. The quantitative estimate of drug-likeness (QED) is 0.515. The maximum atomic E-state index is 15.3. The van der Waals surface area contributed by atoms with Gasteiger partial charge in [-0.15, -0.1) is 0 Å². The van der Waals surface area contributed by atoms with Gasteiger partial charge in [-0.1, -0.05) is 0 Å². The third-order valence-corrected chi connectivity index (χ3v) is 5.47. The van der Waals surface area contributed by atoms with Gasteiger partial charge in [0, 0.05) is 48.6 Å². The molecule has 0 spiro atoms. The molecule has 0 atom stereocenters. The van der Waals surface area contributed by atoms with Gasteiger partial charge in [0.2, 0.25) is 0 Å². The molecule has 1 aliphatic heterocycles. The Hall–Kier alpha value is -4.48. The number of carbonyl (C=O) groups is 1. The van der Waals surface area contributed by atoms with E-state index >= 15 is 8.78 Å². The topological polar surface area (TPSA) is 122 Å². The molecule has 3 heterocycles. The Balaban J connectivity index is 1.93. The second-order valence-corrected chi connectivity index (χ2v) is 7.60. The van der Waals surface area contributed by atoms with Gasteiger partial charge in [0.05, 0.1) is 44.0 Å². The van der Waals surface area contributed by atoms with Crippen molar-refractivity contribution in [3.8, 4) is 11.5 Å². The van der Waals surface area contributed by atoms with E-state index < -0.39 is 23.4 Å². The number of ether oxygens (including phenoxy) is 2. The number of aliphatic imine (C=N–C) groups is 1. The zero-order valence-corrected chi connectivity index (χ0v) is 19.5. The number of nitrogens with two attached hydrogens (primary N) is 1. The lowest BCUT2D eigenvalue weighted by Crippen LogP contribution is -2.45. The molecule has 0 unspecified atom stereocenters. The summed E-state index contributed by atoms with van der Waals surface area (Å²) in [6.07, 6.45) is 6.00. The molecule has 4 rings (SSSR count). The lowest BCUT2D eigenvalue weighted by molar-refractivity contribution is 0.251. The SMILES string of the molecule is CN=CC(=C(C)N)c1cc2c(cn1)CN(c1c(F)c(OC)cc(OC)c1F)C(=O)N2c1cn[nH]c1. The van der Waals surface area contributed by atoms with Crippen LogP contribution in [0.1, 0.15) is 18.2 Å². The van der Waals surface area contributed by atoms with Gasteiger partial charge in [-0.25, -0.2) is 13.6 Å². The predicted octanol–water partition coefficient (Wildman–Crippen LogP) is 3.77. The Morgan fingerprint density at radius 1 is 1.20 bits per heavy atom. The van der Waals surface area contributed by atoms with Crippen LogP contribution in [0.5, 0.6) is 11.5 Å². The van der Waals surface area contributed by atoms with Crippen LogP contribution < -0.4 is 25.0 Å². The Kier molecular flexibility index (Phi) is 6.36. The van der Waals surface area contributed by atoms with Crippen LogP contribution >= 0.6 is 0 Å². The van der Waals surface area contributed by atoms with Gasteiger partial charge < -0.3 is 15.2 Å². The van der Waals surface area contributed by atoms with Crippen molar-refractivity contribution >= 4 is 34.9 Å². The van der Waals surface area contributed by atoms with E-state index in [4.69, 9.17) is 15.2 Å². The van der Waals surface area contributed by atoms with E-state index in [1.54, 1.807) is 26.3 Å². The smallest absolute Gasteiger partial charge is 0.334 e. The maximum Gasteiger partial charge on any atom is 0.334 e. The summed E-state index contributed by atoms with van der Waals surface area (Å²) >= 11 is 0. The van der Waals surface area contributed by atoms with E-state index in [9.17, 15) is 4.79 Å². The van der Waals surface area contributed by atoms with Gasteiger partial charge in [-0.2, -0.15) is 5.10 Å². The summed E-state index contributed by atoms with van der Waals surface area (Å²) in [4.78, 5) is 24.5. The van der Waals surface area contributed by atoms with Gasteiger partial charge in [0.1, 0.15) is 5.69 Å². The molecule has 35 heavy (non-hydrogen) atoms. The highest BCUT2D eigenvalue weighted by Gasteiger charge is 2.38. The molecule has 2 aromatic heterocycles. The number of urea groups is 1. The number of rotatable bonds is 6. The zero-order valence-electron chi connectivity index (χ0n) is 19.5. The number of hydrogen-bond acceptors (Lipinski definition) is 7. The van der Waals surface area contributed by atoms with Crippen molar-refractivity contribution in [2.45, 2.75) is 13.5 Å². The van der Waals surface area contributed by atoms with Crippen molar-refractivity contribution in [1.29, 1.82) is 0 Å². The average Bonchev–Trinajstić information content (AvgIpc) is 3.37. The zero-order chi connectivity index (χ0) is 25.3. The Morgan fingerprint density at radius 2 is 1.89 bits per heavy atom. The van der Waals surface area contributed by atoms with Gasteiger partial charge in [0.25, 0.3) is 0 Å². The molecule has 12 heteroatoms. The van der Waals surface area contributed by atoms with Crippen LogP contribution in [-0.4, -0.2) is 48.7 Å². The third kappa shape index (κ3) is 4.03. The van der Waals surface area contributed by atoms with Crippen LogP contribution in [-0.2, 0) is 6.54 Å². The van der Waals surface area contributed by atoms with Gasteiger partial charge in [-0.3, -0.25) is 24.9 Å². The van der Waals surface area contributed by atoms with Crippen molar-refractivity contribution in [3.63, 3.8) is 0 Å². The Bertz CT molecular complexity index is 1310. The van der Waals surface area contributed by atoms with Crippen molar-refractivity contribution in [2.24, 2.45) is 10.7 Å². The van der Waals surface area contributed by atoms with Crippen LogP contribution in [0.25, 0.3) is 5.57 Å². The van der Waals surface area contributed by atoms with Crippen LogP contribution in [0.2, 0.25) is 0 Å². The molecule has 0 bridgehead atoms. The van der Waals surface area contributed by atoms with Crippen molar-refractivity contribution < 1.29 is 23.0 Å². The summed E-state index contributed by atoms with van der Waals surface area (Å²) < 4.78 is 40.7. The monoisotopic (exact) mass is 483 g/mol. The minimum absolute atomic E-state index is 0.164. The summed E-state index contributed by atoms with van der Waals surface area (Å²) in [5.41, 5.74) is 8.27. The van der Waals surface area contributed by atoms with Crippen LogP contribution in [0.4, 0.5) is 30.6 Å². The first kappa shape index (κ1) is 23.7. The normalized spacial score (nSPS) is 14.3. The molecular weight excluding hydrogens is 460 g/mol. The first-order valence-corrected chi connectivity index (χ1v) is 10.4. The lowest BCUT2D eigenvalue weighted by Gasteiger charge is -2.36. The highest BCUT2D eigenvalue weighted by molar-refractivity contribution is 6.13. The molecule has 3 N–H and O–H groups in total. The average molecular weight is 483 g/mol. The molecule has 0 aliphatic carbocycles. The molecule has 2 amide bonds. The number of benzene rings is 1. The molecule has 182 valence electrons. The summed E-state index contributed by atoms with van der Waals surface area (Å²) in [6.45, 7) is 1.54. The number of halogens is 2. The van der Waals surface area contributed by atoms with E-state index in [2.05, 4.69) is 20.2 Å². The minimum atomic E-state index is -1.04. The first-order chi connectivity index (χ1) is 16.8. The number of aromatic nitrogens is 3. The molecule has 0 saturated heterocycles. The number of fused-ring (bicyclic) bond motifs is 1. The van der Waals surface area contributed by atoms with Crippen LogP contribution in [0.3, 0.4) is 0 Å². The van der Waals surface area contributed by atoms with Gasteiger partial charge in [-0.05, 0) is 13.0 Å². The molecule has 0 radical (unpaired) electrons. The summed E-state index contributed by atoms with van der Waals surface area (Å²) in [7, 11) is 4.08. The van der Waals surface area contributed by atoms with Crippen molar-refractivity contribution in [2.75, 3.05) is 31.1 Å². The summed E-state index contributed by atoms with van der Waals surface area (Å²) in [5, 5.41) is 6.57. The molecule has 0 fully saturated rings. The van der Waals surface area contributed by atoms with Crippen molar-refractivity contribution in [3.05, 3.63) is 59.3 Å². The largest absolute Gasteiger partial charge is 0.493 e. The first-order valence-electron chi connectivity index (χ1n) is 10.4. The fraction of sp³-hybridized carbons (Fsp3) is 0.217. The number of hydrogen-bond donors (Lipinski definition) is 2. The number of anilines is 3. The number of amides is 2. The van der Waals surface area contributed by atoms with E-state index in [0.717, 1.165) is 11.0 Å². The number of nitrogens with zero attached hydrogens (tertiary/aromatic N) is 5. The Labute approximate surface area is 199 Å². The second-order valence-electron chi connectivity index (χ2n) is 7.60. The minimum Gasteiger partial charge on any atom is -0.493 e. The molecule has 1 aromatic carbocycles. The number of methoxy groups -OCH3 is 2. The van der Waals surface area contributed by atoms with Crippen LogP contribution in [0.15, 0.2) is 41.4 Å². The van der Waals surface area contributed by atoms with Gasteiger partial charge >= 0.3 is 6.03 Å². The number of H-pyrrole nitrogens is 1. The van der Waals surface area contributed by atoms with E-state index in [1.165, 1.54) is 37.7 Å². The predicted molar refractivity (Wildman–Crippen MR) is 127 cm³/mol. The molecular formula is C23H23F2N7O3. The van der Waals surface area contributed by atoms with E-state index in [0.29, 0.717) is 33.9 Å². The highest BCUT2D eigenvalue weighted by Crippen LogP contribution is 2.42. The second kappa shape index (κ2) is 9.41. The molecule has 10 nitrogen and oxygen atoms in total. The molecule has 1 aliphatic rings. The highest BCUT2D eigenvalue weighted by atomic mass is 19.1. The standard InChI is InChI=1S/C23H23F2N7O3/c1-12(26)15(10-27-2)16-5-17-13(7-28-16)11-31(23(33)32(17)14-8-29-30-9-14)22-20(24)18(34-3)6-19(35-4)21(22)25/h5-10H,11,26H2,1-4H3,(H,29,30). The summed E-state index contributed by atoms with van der Waals surface area (Å²) in [6, 6.07) is 2.03. The Morgan fingerprint density at radius 3 is 2.43 bits per heavy atom. The fourth-order valence-electron chi connectivity index (χ4n) is 3.81.